The van der Waals surface area contributed by atoms with Crippen LogP contribution in [0.15, 0.2) is 48.5 Å². The van der Waals surface area contributed by atoms with Gasteiger partial charge in [0.25, 0.3) is 0 Å². The van der Waals surface area contributed by atoms with Gasteiger partial charge in [0.15, 0.2) is 0 Å². The van der Waals surface area contributed by atoms with Crippen LogP contribution in [0.25, 0.3) is 0 Å². The van der Waals surface area contributed by atoms with E-state index in [0.29, 0.717) is 18.5 Å². The molecule has 0 atom stereocenters. The summed E-state index contributed by atoms with van der Waals surface area (Å²) in [6, 6.07) is 12.8. The van der Waals surface area contributed by atoms with Gasteiger partial charge in [0.05, 0.1) is 6.42 Å². The van der Waals surface area contributed by atoms with Crippen LogP contribution >= 0.6 is 11.5 Å². The molecule has 2 aromatic carbocycles. The van der Waals surface area contributed by atoms with Crippen molar-refractivity contribution in [3.63, 3.8) is 0 Å². The van der Waals surface area contributed by atoms with E-state index in [1.165, 1.54) is 29.7 Å². The minimum atomic E-state index is -0.351. The Morgan fingerprint density at radius 1 is 1.03 bits per heavy atom. The Labute approximate surface area is 190 Å². The molecule has 1 fully saturated rings. The molecule has 9 heteroatoms. The zero-order chi connectivity index (χ0) is 22.3. The van der Waals surface area contributed by atoms with E-state index in [4.69, 9.17) is 0 Å². The van der Waals surface area contributed by atoms with Crippen molar-refractivity contribution in [3.05, 3.63) is 77.1 Å². The van der Waals surface area contributed by atoms with Crippen molar-refractivity contribution in [3.8, 4) is 0 Å². The van der Waals surface area contributed by atoms with Crippen LogP contribution in [0, 0.1) is 11.6 Å². The Hall–Kier alpha value is -2.91. The van der Waals surface area contributed by atoms with E-state index in [1.54, 1.807) is 30.3 Å². The van der Waals surface area contributed by atoms with E-state index < -0.39 is 0 Å². The number of hydrogen-bond donors (Lipinski definition) is 1. The average Bonchev–Trinajstić information content (AvgIpc) is 3.26. The number of nitrogens with one attached hydrogen (secondary N) is 1. The van der Waals surface area contributed by atoms with Crippen LogP contribution in [0.1, 0.15) is 17.0 Å². The summed E-state index contributed by atoms with van der Waals surface area (Å²) in [5.41, 5.74) is 1.40. The van der Waals surface area contributed by atoms with Gasteiger partial charge in [-0.3, -0.25) is 9.69 Å². The van der Waals surface area contributed by atoms with Crippen molar-refractivity contribution in [1.82, 2.24) is 19.6 Å². The molecule has 3 aromatic rings. The standard InChI is InChI=1S/C23H25F2N5OS/c24-19-7-5-17(6-8-19)15-21-27-23(32-28-21)30-13-11-29(12-14-30)10-9-26-22(31)16-18-3-1-2-4-20(18)25/h1-8H,9-16H2,(H,26,31). The number of aromatic nitrogens is 2. The highest BCUT2D eigenvalue weighted by atomic mass is 32.1. The van der Waals surface area contributed by atoms with E-state index in [2.05, 4.69) is 24.5 Å². The smallest absolute Gasteiger partial charge is 0.224 e. The summed E-state index contributed by atoms with van der Waals surface area (Å²) in [5.74, 6) is -0.0210. The first-order chi connectivity index (χ1) is 15.6. The van der Waals surface area contributed by atoms with E-state index >= 15 is 0 Å². The van der Waals surface area contributed by atoms with Crippen LogP contribution in [0.5, 0.6) is 0 Å². The molecule has 32 heavy (non-hydrogen) atoms. The van der Waals surface area contributed by atoms with Crippen LogP contribution in [0.4, 0.5) is 13.9 Å². The number of anilines is 1. The van der Waals surface area contributed by atoms with Gasteiger partial charge in [-0.25, -0.2) is 13.8 Å². The van der Waals surface area contributed by atoms with Crippen molar-refractivity contribution < 1.29 is 13.6 Å². The number of halogens is 2. The zero-order valence-electron chi connectivity index (χ0n) is 17.6. The third kappa shape index (κ3) is 6.08. The molecule has 0 bridgehead atoms. The number of carbonyl (C=O) groups excluding carboxylic acids is 1. The predicted molar refractivity (Wildman–Crippen MR) is 121 cm³/mol. The third-order valence-corrected chi connectivity index (χ3v) is 6.25. The molecule has 0 spiro atoms. The summed E-state index contributed by atoms with van der Waals surface area (Å²) in [4.78, 5) is 21.2. The van der Waals surface area contributed by atoms with Crippen LogP contribution < -0.4 is 10.2 Å². The summed E-state index contributed by atoms with van der Waals surface area (Å²) >= 11 is 1.39. The Balaban J connectivity index is 1.18. The lowest BCUT2D eigenvalue weighted by Crippen LogP contribution is -2.48. The Kier molecular flexibility index (Phi) is 7.39. The first-order valence-electron chi connectivity index (χ1n) is 10.6. The number of rotatable bonds is 8. The maximum atomic E-state index is 13.6. The molecular weight excluding hydrogens is 432 g/mol. The van der Waals surface area contributed by atoms with Gasteiger partial charge in [0.2, 0.25) is 11.0 Å². The largest absolute Gasteiger partial charge is 0.355 e. The lowest BCUT2D eigenvalue weighted by atomic mass is 10.1. The third-order valence-electron chi connectivity index (χ3n) is 5.43. The SMILES string of the molecule is O=C(Cc1ccccc1F)NCCN1CCN(c2nc(Cc3ccc(F)cc3)ns2)CC1. The fourth-order valence-electron chi connectivity index (χ4n) is 3.62. The first-order valence-corrected chi connectivity index (χ1v) is 11.4. The fourth-order valence-corrected chi connectivity index (χ4v) is 4.36. The average molecular weight is 458 g/mol. The number of hydrogen-bond acceptors (Lipinski definition) is 6. The first kappa shape index (κ1) is 22.3. The molecule has 168 valence electrons. The normalized spacial score (nSPS) is 14.5. The predicted octanol–water partition coefficient (Wildman–Crippen LogP) is 2.89. The van der Waals surface area contributed by atoms with Crippen molar-refractivity contribution in [2.75, 3.05) is 44.2 Å². The van der Waals surface area contributed by atoms with E-state index in [1.807, 2.05) is 0 Å². The summed E-state index contributed by atoms with van der Waals surface area (Å²) in [7, 11) is 0. The van der Waals surface area contributed by atoms with Crippen LogP contribution in [-0.4, -0.2) is 59.4 Å². The topological polar surface area (TPSA) is 61.4 Å². The van der Waals surface area contributed by atoms with Gasteiger partial charge in [-0.15, -0.1) is 0 Å². The molecule has 0 saturated carbocycles. The highest BCUT2D eigenvalue weighted by molar-refractivity contribution is 7.09. The quantitative estimate of drug-likeness (QED) is 0.564. The molecule has 0 aliphatic carbocycles. The minimum Gasteiger partial charge on any atom is -0.355 e. The number of carbonyl (C=O) groups is 1. The second kappa shape index (κ2) is 10.6. The maximum absolute atomic E-state index is 13.6. The maximum Gasteiger partial charge on any atom is 0.224 e. The number of piperazine rings is 1. The van der Waals surface area contributed by atoms with Gasteiger partial charge in [0.1, 0.15) is 17.5 Å². The number of nitrogens with zero attached hydrogens (tertiary/aromatic N) is 4. The van der Waals surface area contributed by atoms with Crippen molar-refractivity contribution in [2.45, 2.75) is 12.8 Å². The molecular formula is C23H25F2N5OS. The Bertz CT molecular complexity index is 1030. The molecule has 1 aliphatic rings. The van der Waals surface area contributed by atoms with Gasteiger partial charge >= 0.3 is 0 Å². The minimum absolute atomic E-state index is 0.0533. The summed E-state index contributed by atoms with van der Waals surface area (Å²) in [6.07, 6.45) is 0.640. The second-order valence-electron chi connectivity index (χ2n) is 7.74. The van der Waals surface area contributed by atoms with Crippen LogP contribution in [-0.2, 0) is 17.6 Å². The molecule has 6 nitrogen and oxygen atoms in total. The summed E-state index contributed by atoms with van der Waals surface area (Å²) in [5, 5.41) is 3.78. The second-order valence-corrected chi connectivity index (χ2v) is 8.47. The molecule has 1 aromatic heterocycles. The summed E-state index contributed by atoms with van der Waals surface area (Å²) < 4.78 is 31.1. The number of benzene rings is 2. The zero-order valence-corrected chi connectivity index (χ0v) is 18.5. The van der Waals surface area contributed by atoms with Gasteiger partial charge < -0.3 is 10.2 Å². The van der Waals surface area contributed by atoms with Crippen LogP contribution in [0.3, 0.4) is 0 Å². The van der Waals surface area contributed by atoms with Crippen LogP contribution in [0.2, 0.25) is 0 Å². The van der Waals surface area contributed by atoms with Gasteiger partial charge in [-0.05, 0) is 29.3 Å². The highest BCUT2D eigenvalue weighted by Crippen LogP contribution is 2.20. The molecule has 1 amide bonds. The molecule has 0 radical (unpaired) electrons. The van der Waals surface area contributed by atoms with Crippen molar-refractivity contribution >= 4 is 22.6 Å². The molecule has 1 aliphatic heterocycles. The molecule has 2 heterocycles. The molecule has 4 rings (SSSR count). The van der Waals surface area contributed by atoms with Crippen molar-refractivity contribution in [2.24, 2.45) is 0 Å². The Morgan fingerprint density at radius 3 is 2.53 bits per heavy atom. The Morgan fingerprint density at radius 2 is 1.78 bits per heavy atom. The lowest BCUT2D eigenvalue weighted by Gasteiger charge is -2.34. The van der Waals surface area contributed by atoms with E-state index in [-0.39, 0.29) is 24.0 Å². The molecule has 0 unspecified atom stereocenters. The molecule has 1 N–H and O–H groups in total. The van der Waals surface area contributed by atoms with Gasteiger partial charge in [-0.2, -0.15) is 4.37 Å². The van der Waals surface area contributed by atoms with Gasteiger partial charge in [0, 0.05) is 57.2 Å². The highest BCUT2D eigenvalue weighted by Gasteiger charge is 2.20. The number of amides is 1. The monoisotopic (exact) mass is 457 g/mol. The molecule has 1 saturated heterocycles. The van der Waals surface area contributed by atoms with Gasteiger partial charge in [-0.1, -0.05) is 30.3 Å². The summed E-state index contributed by atoms with van der Waals surface area (Å²) in [6.45, 7) is 4.71. The van der Waals surface area contributed by atoms with E-state index in [9.17, 15) is 13.6 Å². The van der Waals surface area contributed by atoms with E-state index in [0.717, 1.165) is 49.2 Å². The fraction of sp³-hybridized carbons (Fsp3) is 0.348. The van der Waals surface area contributed by atoms with Crippen molar-refractivity contribution in [1.29, 1.82) is 0 Å². The lowest BCUT2D eigenvalue weighted by molar-refractivity contribution is -0.120.